The summed E-state index contributed by atoms with van der Waals surface area (Å²) in [5, 5.41) is 2.87. The highest BCUT2D eigenvalue weighted by Crippen LogP contribution is 2.15. The number of hydrogen-bond donors (Lipinski definition) is 1. The Morgan fingerprint density at radius 2 is 1.87 bits per heavy atom. The van der Waals surface area contributed by atoms with Gasteiger partial charge in [0.05, 0.1) is 0 Å². The topological polar surface area (TPSA) is 49.4 Å². The smallest absolute Gasteiger partial charge is 0.242 e. The van der Waals surface area contributed by atoms with Gasteiger partial charge in [-0.3, -0.25) is 9.59 Å². The minimum atomic E-state index is -0.659. The number of carbonyl (C=O) groups excluding carboxylic acids is 2. The number of amides is 2. The van der Waals surface area contributed by atoms with Crippen LogP contribution in [0.1, 0.15) is 53.0 Å². The summed E-state index contributed by atoms with van der Waals surface area (Å²) in [5.41, 5.74) is 0.0235. The number of benzene rings is 1. The molecule has 0 aliphatic carbocycles. The van der Waals surface area contributed by atoms with Gasteiger partial charge in [-0.2, -0.15) is 0 Å². The summed E-state index contributed by atoms with van der Waals surface area (Å²) in [6.07, 6.45) is 1.02. The largest absolute Gasteiger partial charge is 0.350 e. The van der Waals surface area contributed by atoms with Crippen molar-refractivity contribution in [2.24, 2.45) is 0 Å². The second kappa shape index (κ2) is 8.09. The maximum atomic E-state index is 13.9. The summed E-state index contributed by atoms with van der Waals surface area (Å²) in [6, 6.07) is 5.66. The van der Waals surface area contributed by atoms with Gasteiger partial charge in [-0.15, -0.1) is 0 Å². The number of nitrogens with zero attached hydrogens (tertiary/aromatic N) is 1. The van der Waals surface area contributed by atoms with Gasteiger partial charge in [0.1, 0.15) is 11.9 Å². The van der Waals surface area contributed by atoms with E-state index in [0.717, 1.165) is 0 Å². The van der Waals surface area contributed by atoms with E-state index < -0.39 is 6.04 Å². The Bertz CT molecular complexity index is 552. The van der Waals surface area contributed by atoms with Gasteiger partial charge >= 0.3 is 0 Å². The lowest BCUT2D eigenvalue weighted by Crippen LogP contribution is -2.52. The molecule has 0 fully saturated rings. The Labute approximate surface area is 138 Å². The normalized spacial score (nSPS) is 12.6. The van der Waals surface area contributed by atoms with Crippen molar-refractivity contribution in [1.82, 2.24) is 10.2 Å². The van der Waals surface area contributed by atoms with Crippen LogP contribution in [-0.4, -0.2) is 28.3 Å². The summed E-state index contributed by atoms with van der Waals surface area (Å²) in [6.45, 7) is 9.31. The molecule has 0 saturated carbocycles. The van der Waals surface area contributed by atoms with Crippen molar-refractivity contribution in [3.8, 4) is 0 Å². The summed E-state index contributed by atoms with van der Waals surface area (Å²) < 4.78 is 13.9. The fourth-order valence-electron chi connectivity index (χ4n) is 2.22. The molecule has 1 aromatic rings. The molecule has 0 aliphatic heterocycles. The summed E-state index contributed by atoms with van der Waals surface area (Å²) >= 11 is 0. The molecule has 23 heavy (non-hydrogen) atoms. The minimum Gasteiger partial charge on any atom is -0.350 e. The van der Waals surface area contributed by atoms with Crippen LogP contribution in [0.4, 0.5) is 4.39 Å². The summed E-state index contributed by atoms with van der Waals surface area (Å²) in [5.74, 6) is -0.754. The van der Waals surface area contributed by atoms with E-state index in [1.807, 2.05) is 27.7 Å². The molecule has 0 unspecified atom stereocenters. The van der Waals surface area contributed by atoms with Crippen LogP contribution in [0, 0.1) is 5.82 Å². The first kappa shape index (κ1) is 19.1. The molecule has 0 bridgehead atoms. The molecule has 0 spiro atoms. The molecule has 0 aliphatic rings. The van der Waals surface area contributed by atoms with Gasteiger partial charge in [-0.25, -0.2) is 4.39 Å². The Morgan fingerprint density at radius 1 is 1.26 bits per heavy atom. The number of hydrogen-bond acceptors (Lipinski definition) is 2. The van der Waals surface area contributed by atoms with Crippen molar-refractivity contribution < 1.29 is 14.0 Å². The van der Waals surface area contributed by atoms with Crippen molar-refractivity contribution >= 4 is 11.8 Å². The van der Waals surface area contributed by atoms with Crippen LogP contribution in [0.15, 0.2) is 24.3 Å². The van der Waals surface area contributed by atoms with E-state index >= 15 is 0 Å². The fourth-order valence-corrected chi connectivity index (χ4v) is 2.22. The first-order valence-corrected chi connectivity index (χ1v) is 8.00. The highest BCUT2D eigenvalue weighted by molar-refractivity contribution is 5.87. The second-order valence-corrected chi connectivity index (χ2v) is 6.78. The molecular formula is C18H27FN2O2. The molecule has 0 radical (unpaired) electrons. The highest BCUT2D eigenvalue weighted by atomic mass is 19.1. The van der Waals surface area contributed by atoms with Crippen LogP contribution in [0.2, 0.25) is 0 Å². The van der Waals surface area contributed by atoms with Crippen molar-refractivity contribution in [3.05, 3.63) is 35.6 Å². The zero-order chi connectivity index (χ0) is 17.6. The van der Waals surface area contributed by atoms with Crippen LogP contribution >= 0.6 is 0 Å². The van der Waals surface area contributed by atoms with Gasteiger partial charge in [0.2, 0.25) is 11.8 Å². The first-order valence-electron chi connectivity index (χ1n) is 8.00. The van der Waals surface area contributed by atoms with E-state index in [9.17, 15) is 14.0 Å². The van der Waals surface area contributed by atoms with E-state index in [1.54, 1.807) is 25.1 Å². The average Bonchev–Trinajstić information content (AvgIpc) is 2.44. The van der Waals surface area contributed by atoms with Crippen molar-refractivity contribution in [2.45, 2.75) is 65.6 Å². The van der Waals surface area contributed by atoms with E-state index in [0.29, 0.717) is 18.4 Å². The fraction of sp³-hybridized carbons (Fsp3) is 0.556. The molecule has 0 aromatic heterocycles. The van der Waals surface area contributed by atoms with Crippen molar-refractivity contribution in [2.75, 3.05) is 0 Å². The maximum absolute atomic E-state index is 13.9. The standard InChI is InChI=1S/C18H27FN2O2/c1-6-9-16(22)21(12-14-10-7-8-11-15(14)19)13(2)17(23)20-18(3,4)5/h7-8,10-11,13H,6,9,12H2,1-5H3,(H,20,23)/t13-/m1/s1. The molecule has 128 valence electrons. The molecule has 1 N–H and O–H groups in total. The Morgan fingerprint density at radius 3 is 2.39 bits per heavy atom. The molecule has 0 saturated heterocycles. The quantitative estimate of drug-likeness (QED) is 0.874. The van der Waals surface area contributed by atoms with E-state index in [-0.39, 0.29) is 29.7 Å². The zero-order valence-corrected chi connectivity index (χ0v) is 14.6. The number of halogens is 1. The Hall–Kier alpha value is -1.91. The second-order valence-electron chi connectivity index (χ2n) is 6.78. The Balaban J connectivity index is 2.98. The number of carbonyl (C=O) groups is 2. The maximum Gasteiger partial charge on any atom is 0.242 e. The monoisotopic (exact) mass is 322 g/mol. The van der Waals surface area contributed by atoms with Gasteiger partial charge < -0.3 is 10.2 Å². The third-order valence-electron chi connectivity index (χ3n) is 3.43. The average molecular weight is 322 g/mol. The lowest BCUT2D eigenvalue weighted by molar-refractivity contribution is -0.141. The van der Waals surface area contributed by atoms with Crippen molar-refractivity contribution in [1.29, 1.82) is 0 Å². The van der Waals surface area contributed by atoms with Crippen molar-refractivity contribution in [3.63, 3.8) is 0 Å². The van der Waals surface area contributed by atoms with E-state index in [4.69, 9.17) is 0 Å². The molecule has 0 heterocycles. The van der Waals surface area contributed by atoms with Crippen LogP contribution in [0.5, 0.6) is 0 Å². The van der Waals surface area contributed by atoms with Crippen LogP contribution < -0.4 is 5.32 Å². The lowest BCUT2D eigenvalue weighted by atomic mass is 10.1. The third kappa shape index (κ3) is 6.00. The molecule has 4 nitrogen and oxygen atoms in total. The molecule has 1 atom stereocenters. The molecule has 2 amide bonds. The van der Waals surface area contributed by atoms with Crippen LogP contribution in [0.25, 0.3) is 0 Å². The van der Waals surface area contributed by atoms with Gasteiger partial charge in [0.15, 0.2) is 0 Å². The SMILES string of the molecule is CCCC(=O)N(Cc1ccccc1F)[C@H](C)C(=O)NC(C)(C)C. The van der Waals surface area contributed by atoms with E-state index in [2.05, 4.69) is 5.32 Å². The highest BCUT2D eigenvalue weighted by Gasteiger charge is 2.28. The first-order chi connectivity index (χ1) is 10.7. The van der Waals surface area contributed by atoms with Gasteiger partial charge in [0, 0.05) is 24.1 Å². The van der Waals surface area contributed by atoms with Crippen LogP contribution in [-0.2, 0) is 16.1 Å². The third-order valence-corrected chi connectivity index (χ3v) is 3.43. The van der Waals surface area contributed by atoms with Gasteiger partial charge in [-0.05, 0) is 40.2 Å². The predicted octanol–water partition coefficient (Wildman–Crippen LogP) is 3.26. The lowest BCUT2D eigenvalue weighted by Gasteiger charge is -2.31. The Kier molecular flexibility index (Phi) is 6.73. The number of nitrogens with one attached hydrogen (secondary N) is 1. The van der Waals surface area contributed by atoms with E-state index in [1.165, 1.54) is 11.0 Å². The van der Waals surface area contributed by atoms with Crippen LogP contribution in [0.3, 0.4) is 0 Å². The minimum absolute atomic E-state index is 0.0875. The number of rotatable bonds is 6. The summed E-state index contributed by atoms with van der Waals surface area (Å²) in [7, 11) is 0. The molecule has 1 aromatic carbocycles. The van der Waals surface area contributed by atoms with Gasteiger partial charge in [0.25, 0.3) is 0 Å². The summed E-state index contributed by atoms with van der Waals surface area (Å²) in [4.78, 5) is 26.2. The predicted molar refractivity (Wildman–Crippen MR) is 89.2 cm³/mol. The molecule has 1 rings (SSSR count). The molecular weight excluding hydrogens is 295 g/mol. The van der Waals surface area contributed by atoms with Gasteiger partial charge in [-0.1, -0.05) is 25.1 Å². The molecule has 5 heteroatoms. The zero-order valence-electron chi connectivity index (χ0n) is 14.6.